The Morgan fingerprint density at radius 3 is 2.48 bits per heavy atom. The van der Waals surface area contributed by atoms with E-state index in [4.69, 9.17) is 9.84 Å². The minimum atomic E-state index is -1.02. The molecule has 0 heterocycles. The molecule has 2 rings (SSSR count). The molecule has 0 aliphatic rings. The Hall–Kier alpha value is -4.12. The van der Waals surface area contributed by atoms with Gasteiger partial charge < -0.3 is 20.5 Å². The summed E-state index contributed by atoms with van der Waals surface area (Å²) in [6.45, 7) is 2.56. The third kappa shape index (κ3) is 7.01. The number of hydrogen-bond donors (Lipinski definition) is 3. The number of anilines is 1. The third-order valence-electron chi connectivity index (χ3n) is 4.24. The first-order chi connectivity index (χ1) is 15.0. The summed E-state index contributed by atoms with van der Waals surface area (Å²) in [5.41, 5.74) is 1.22. The van der Waals surface area contributed by atoms with Crippen molar-refractivity contribution < 1.29 is 24.2 Å². The molecule has 0 aromatic heterocycles. The van der Waals surface area contributed by atoms with E-state index in [1.54, 1.807) is 36.4 Å². The van der Waals surface area contributed by atoms with Gasteiger partial charge in [-0.3, -0.25) is 4.79 Å². The summed E-state index contributed by atoms with van der Waals surface area (Å²) in [6.07, 6.45) is 2.90. The van der Waals surface area contributed by atoms with E-state index >= 15 is 0 Å². The number of para-hydroxylation sites is 1. The average molecular weight is 421 g/mol. The number of nitrogens with one attached hydrogen (secondary N) is 2. The van der Waals surface area contributed by atoms with E-state index in [0.29, 0.717) is 13.2 Å². The van der Waals surface area contributed by atoms with Crippen LogP contribution < -0.4 is 10.6 Å². The maximum Gasteiger partial charge on any atom is 0.340 e. The number of aromatic carboxylic acids is 1. The molecule has 31 heavy (non-hydrogen) atoms. The molecular weight excluding hydrogens is 398 g/mol. The molecular formula is C23H23N3O5. The highest BCUT2D eigenvalue weighted by Crippen LogP contribution is 2.17. The number of benzene rings is 2. The summed E-state index contributed by atoms with van der Waals surface area (Å²) >= 11 is 0. The van der Waals surface area contributed by atoms with Crippen molar-refractivity contribution in [1.29, 1.82) is 5.26 Å². The lowest BCUT2D eigenvalue weighted by Gasteiger charge is -2.10. The molecule has 1 amide bonds. The molecule has 0 atom stereocenters. The molecule has 0 saturated carbocycles. The number of nitrogens with zero attached hydrogens (tertiary/aromatic N) is 1. The van der Waals surface area contributed by atoms with E-state index in [9.17, 15) is 19.6 Å². The van der Waals surface area contributed by atoms with Gasteiger partial charge in [0, 0.05) is 12.7 Å². The Labute approximate surface area is 180 Å². The van der Waals surface area contributed by atoms with Crippen LogP contribution in [-0.4, -0.2) is 29.6 Å². The van der Waals surface area contributed by atoms with Crippen LogP contribution in [0.3, 0.4) is 0 Å². The zero-order valence-corrected chi connectivity index (χ0v) is 17.1. The molecule has 0 radical (unpaired) electrons. The van der Waals surface area contributed by atoms with Crippen molar-refractivity contribution in [1.82, 2.24) is 5.32 Å². The van der Waals surface area contributed by atoms with E-state index in [0.717, 1.165) is 18.4 Å². The van der Waals surface area contributed by atoms with Crippen LogP contribution >= 0.6 is 0 Å². The highest BCUT2D eigenvalue weighted by atomic mass is 16.5. The summed E-state index contributed by atoms with van der Waals surface area (Å²) in [4.78, 5) is 35.6. The van der Waals surface area contributed by atoms with Crippen molar-refractivity contribution in [2.24, 2.45) is 0 Å². The van der Waals surface area contributed by atoms with Crippen molar-refractivity contribution >= 4 is 23.5 Å². The summed E-state index contributed by atoms with van der Waals surface area (Å²) in [5, 5.41) is 23.6. The molecule has 160 valence electrons. The number of carbonyl (C=O) groups excluding carboxylic acids is 2. The first-order valence-corrected chi connectivity index (χ1v) is 9.69. The highest BCUT2D eigenvalue weighted by molar-refractivity contribution is 6.09. The number of unbranched alkanes of at least 4 members (excludes halogenated alkanes) is 1. The molecule has 2 aromatic carbocycles. The Morgan fingerprint density at radius 1 is 1.13 bits per heavy atom. The second kappa shape index (κ2) is 11.8. The second-order valence-electron chi connectivity index (χ2n) is 6.54. The molecule has 8 nitrogen and oxygen atoms in total. The van der Waals surface area contributed by atoms with Crippen molar-refractivity contribution in [2.45, 2.75) is 26.3 Å². The Morgan fingerprint density at radius 2 is 1.84 bits per heavy atom. The number of ether oxygens (including phenoxy) is 1. The average Bonchev–Trinajstić information content (AvgIpc) is 2.77. The van der Waals surface area contributed by atoms with Crippen molar-refractivity contribution in [3.05, 3.63) is 77.0 Å². The molecule has 3 N–H and O–H groups in total. The van der Waals surface area contributed by atoms with Gasteiger partial charge in [0.25, 0.3) is 5.91 Å². The first-order valence-electron chi connectivity index (χ1n) is 9.69. The fraction of sp³-hybridized carbons (Fsp3) is 0.217. The minimum Gasteiger partial charge on any atom is -0.478 e. The van der Waals surface area contributed by atoms with Crippen molar-refractivity contribution in [3.8, 4) is 6.07 Å². The summed E-state index contributed by atoms with van der Waals surface area (Å²) in [6, 6.07) is 14.4. The van der Waals surface area contributed by atoms with Crippen LogP contribution in [0.2, 0.25) is 0 Å². The number of carbonyl (C=O) groups is 3. The van der Waals surface area contributed by atoms with Gasteiger partial charge in [-0.15, -0.1) is 0 Å². The molecule has 8 heteroatoms. The van der Waals surface area contributed by atoms with E-state index in [2.05, 4.69) is 10.6 Å². The summed E-state index contributed by atoms with van der Waals surface area (Å²) in [5.74, 6) is -2.24. The first kappa shape index (κ1) is 23.2. The van der Waals surface area contributed by atoms with Crippen LogP contribution in [-0.2, 0) is 16.1 Å². The molecule has 0 aliphatic heterocycles. The molecule has 0 spiro atoms. The van der Waals surface area contributed by atoms with Crippen LogP contribution in [0.15, 0.2) is 60.3 Å². The number of hydrogen-bond acceptors (Lipinski definition) is 6. The smallest absolute Gasteiger partial charge is 0.340 e. The SMILES string of the molecule is CCCCOC(=O)c1ccccc1NC(=O)/C(C#N)=C\NCc1ccc(C(=O)O)cc1. The number of amides is 1. The molecule has 0 aliphatic carbocycles. The van der Waals surface area contributed by atoms with Gasteiger partial charge in [-0.05, 0) is 36.2 Å². The molecule has 0 saturated heterocycles. The van der Waals surface area contributed by atoms with Crippen LogP contribution in [0, 0.1) is 11.3 Å². The van der Waals surface area contributed by atoms with Gasteiger partial charge in [0.1, 0.15) is 11.6 Å². The number of rotatable bonds is 10. The van der Waals surface area contributed by atoms with Gasteiger partial charge in [-0.2, -0.15) is 5.26 Å². The minimum absolute atomic E-state index is 0.170. The van der Waals surface area contributed by atoms with Gasteiger partial charge >= 0.3 is 11.9 Å². The van der Waals surface area contributed by atoms with Gasteiger partial charge in [0.15, 0.2) is 0 Å². The Bertz CT molecular complexity index is 1010. The maximum atomic E-state index is 12.5. The highest BCUT2D eigenvalue weighted by Gasteiger charge is 2.16. The Balaban J connectivity index is 2.02. The predicted octanol–water partition coefficient (Wildman–Crippen LogP) is 3.48. The molecule has 2 aromatic rings. The van der Waals surface area contributed by atoms with E-state index in [-0.39, 0.29) is 22.4 Å². The largest absolute Gasteiger partial charge is 0.478 e. The zero-order chi connectivity index (χ0) is 22.6. The lowest BCUT2D eigenvalue weighted by Crippen LogP contribution is -2.19. The third-order valence-corrected chi connectivity index (χ3v) is 4.24. The van der Waals surface area contributed by atoms with E-state index in [1.165, 1.54) is 18.3 Å². The topological polar surface area (TPSA) is 129 Å². The second-order valence-corrected chi connectivity index (χ2v) is 6.54. The summed E-state index contributed by atoms with van der Waals surface area (Å²) < 4.78 is 5.20. The van der Waals surface area contributed by atoms with Crippen LogP contribution in [0.5, 0.6) is 0 Å². The maximum absolute atomic E-state index is 12.5. The summed E-state index contributed by atoms with van der Waals surface area (Å²) in [7, 11) is 0. The molecule has 0 unspecified atom stereocenters. The van der Waals surface area contributed by atoms with Crippen molar-refractivity contribution in [3.63, 3.8) is 0 Å². The molecule has 0 fully saturated rings. The van der Waals surface area contributed by atoms with Crippen LogP contribution in [0.25, 0.3) is 0 Å². The number of carboxylic acid groups (broad SMARTS) is 1. The fourth-order valence-corrected chi connectivity index (χ4v) is 2.53. The number of esters is 1. The van der Waals surface area contributed by atoms with Gasteiger partial charge in [0.2, 0.25) is 0 Å². The Kier molecular flexibility index (Phi) is 8.80. The standard InChI is InChI=1S/C23H23N3O5/c1-2-3-12-31-23(30)19-6-4-5-7-20(19)26-21(27)18(13-24)15-25-14-16-8-10-17(11-9-16)22(28)29/h4-11,15,25H,2-3,12,14H2,1H3,(H,26,27)(H,28,29)/b18-15-. The van der Waals surface area contributed by atoms with Gasteiger partial charge in [-0.25, -0.2) is 9.59 Å². The lowest BCUT2D eigenvalue weighted by molar-refractivity contribution is -0.112. The monoisotopic (exact) mass is 421 g/mol. The number of carboxylic acids is 1. The quantitative estimate of drug-likeness (QED) is 0.232. The van der Waals surface area contributed by atoms with Gasteiger partial charge in [-0.1, -0.05) is 37.6 Å². The van der Waals surface area contributed by atoms with E-state index < -0.39 is 17.8 Å². The lowest BCUT2D eigenvalue weighted by atomic mass is 10.1. The van der Waals surface area contributed by atoms with Crippen molar-refractivity contribution in [2.75, 3.05) is 11.9 Å². The zero-order valence-electron chi connectivity index (χ0n) is 17.1. The van der Waals surface area contributed by atoms with Crippen LogP contribution in [0.4, 0.5) is 5.69 Å². The normalized spacial score (nSPS) is 10.6. The predicted molar refractivity (Wildman–Crippen MR) is 114 cm³/mol. The van der Waals surface area contributed by atoms with E-state index in [1.807, 2.05) is 13.0 Å². The number of nitriles is 1. The van der Waals surface area contributed by atoms with Gasteiger partial charge in [0.05, 0.1) is 23.4 Å². The fourth-order valence-electron chi connectivity index (χ4n) is 2.53. The molecule has 0 bridgehead atoms. The van der Waals surface area contributed by atoms with Crippen LogP contribution in [0.1, 0.15) is 46.0 Å².